The molecule has 1 saturated heterocycles. The fourth-order valence-corrected chi connectivity index (χ4v) is 4.38. The SMILES string of the molecule is COc1ccc(S(=O)(=O)N2CCCC[C@@H]2C)c(OC)c1. The molecule has 0 spiro atoms. The van der Waals surface area contributed by atoms with Gasteiger partial charge in [-0.05, 0) is 31.9 Å². The molecule has 0 N–H and O–H groups in total. The van der Waals surface area contributed by atoms with Crippen LogP contribution in [0, 0.1) is 0 Å². The molecule has 0 radical (unpaired) electrons. The lowest BCUT2D eigenvalue weighted by Gasteiger charge is -2.32. The Kier molecular flexibility index (Phi) is 4.55. The Labute approximate surface area is 120 Å². The largest absolute Gasteiger partial charge is 0.497 e. The number of benzene rings is 1. The molecule has 0 saturated carbocycles. The van der Waals surface area contributed by atoms with E-state index in [9.17, 15) is 8.42 Å². The number of rotatable bonds is 4. The van der Waals surface area contributed by atoms with Gasteiger partial charge in [0, 0.05) is 18.7 Å². The monoisotopic (exact) mass is 299 g/mol. The van der Waals surface area contributed by atoms with Crippen LogP contribution in [0.5, 0.6) is 11.5 Å². The summed E-state index contributed by atoms with van der Waals surface area (Å²) < 4.78 is 37.5. The van der Waals surface area contributed by atoms with E-state index in [4.69, 9.17) is 9.47 Å². The van der Waals surface area contributed by atoms with E-state index in [1.54, 1.807) is 22.5 Å². The molecule has 1 aromatic carbocycles. The summed E-state index contributed by atoms with van der Waals surface area (Å²) in [5.74, 6) is 0.898. The Morgan fingerprint density at radius 3 is 2.55 bits per heavy atom. The average molecular weight is 299 g/mol. The minimum absolute atomic E-state index is 0.0283. The van der Waals surface area contributed by atoms with Crippen LogP contribution < -0.4 is 9.47 Å². The summed E-state index contributed by atoms with van der Waals surface area (Å²) in [5, 5.41) is 0. The number of hydrogen-bond donors (Lipinski definition) is 0. The van der Waals surface area contributed by atoms with Gasteiger partial charge >= 0.3 is 0 Å². The molecule has 1 aliphatic heterocycles. The van der Waals surface area contributed by atoms with E-state index in [1.165, 1.54) is 14.2 Å². The Morgan fingerprint density at radius 1 is 1.20 bits per heavy atom. The van der Waals surface area contributed by atoms with Gasteiger partial charge in [-0.1, -0.05) is 6.42 Å². The molecule has 0 unspecified atom stereocenters. The highest BCUT2D eigenvalue weighted by atomic mass is 32.2. The average Bonchev–Trinajstić information content (AvgIpc) is 2.46. The highest BCUT2D eigenvalue weighted by molar-refractivity contribution is 7.89. The first-order valence-electron chi connectivity index (χ1n) is 6.74. The van der Waals surface area contributed by atoms with Crippen molar-refractivity contribution < 1.29 is 17.9 Å². The van der Waals surface area contributed by atoms with Crippen molar-refractivity contribution in [2.75, 3.05) is 20.8 Å². The highest BCUT2D eigenvalue weighted by Crippen LogP contribution is 2.33. The molecule has 112 valence electrons. The minimum atomic E-state index is -3.53. The van der Waals surface area contributed by atoms with E-state index < -0.39 is 10.0 Å². The molecule has 0 bridgehead atoms. The minimum Gasteiger partial charge on any atom is -0.497 e. The number of nitrogens with zero attached hydrogens (tertiary/aromatic N) is 1. The third-order valence-corrected chi connectivity index (χ3v) is 5.75. The van der Waals surface area contributed by atoms with Gasteiger partial charge in [0.05, 0.1) is 14.2 Å². The van der Waals surface area contributed by atoms with Crippen molar-refractivity contribution in [1.82, 2.24) is 4.31 Å². The second kappa shape index (κ2) is 6.01. The molecule has 1 atom stereocenters. The standard InChI is InChI=1S/C14H21NO4S/c1-11-6-4-5-9-15(11)20(16,17)14-8-7-12(18-2)10-13(14)19-3/h7-8,10-11H,4-6,9H2,1-3H3/t11-/m0/s1. The first-order valence-corrected chi connectivity index (χ1v) is 8.18. The molecule has 0 amide bonds. The summed E-state index contributed by atoms with van der Waals surface area (Å²) in [4.78, 5) is 0.203. The molecular formula is C14H21NO4S. The van der Waals surface area contributed by atoms with E-state index in [1.807, 2.05) is 6.92 Å². The van der Waals surface area contributed by atoms with Crippen LogP contribution in [0.25, 0.3) is 0 Å². The fourth-order valence-electron chi connectivity index (χ4n) is 2.54. The van der Waals surface area contributed by atoms with E-state index >= 15 is 0 Å². The Balaban J connectivity index is 2.43. The Hall–Kier alpha value is -1.27. The van der Waals surface area contributed by atoms with E-state index in [0.717, 1.165) is 19.3 Å². The van der Waals surface area contributed by atoms with Crippen LogP contribution in [0.2, 0.25) is 0 Å². The van der Waals surface area contributed by atoms with Crippen LogP contribution in [0.1, 0.15) is 26.2 Å². The number of sulfonamides is 1. The van der Waals surface area contributed by atoms with Gasteiger partial charge in [0.25, 0.3) is 0 Å². The lowest BCUT2D eigenvalue weighted by atomic mass is 10.1. The number of ether oxygens (including phenoxy) is 2. The molecule has 0 aliphatic carbocycles. The molecular weight excluding hydrogens is 278 g/mol. The van der Waals surface area contributed by atoms with Gasteiger partial charge in [-0.3, -0.25) is 0 Å². The van der Waals surface area contributed by atoms with E-state index in [0.29, 0.717) is 18.0 Å². The topological polar surface area (TPSA) is 55.8 Å². The zero-order valence-corrected chi connectivity index (χ0v) is 12.9. The number of hydrogen-bond acceptors (Lipinski definition) is 4. The van der Waals surface area contributed by atoms with Crippen LogP contribution in [0.4, 0.5) is 0 Å². The molecule has 1 aliphatic rings. The van der Waals surface area contributed by atoms with Gasteiger partial charge in [0.15, 0.2) is 0 Å². The Morgan fingerprint density at radius 2 is 1.95 bits per heavy atom. The van der Waals surface area contributed by atoms with Crippen molar-refractivity contribution in [1.29, 1.82) is 0 Å². The third-order valence-electron chi connectivity index (χ3n) is 3.70. The van der Waals surface area contributed by atoms with Gasteiger partial charge in [-0.15, -0.1) is 0 Å². The molecule has 20 heavy (non-hydrogen) atoms. The summed E-state index contributed by atoms with van der Waals surface area (Å²) in [5.41, 5.74) is 0. The van der Waals surface area contributed by atoms with Crippen LogP contribution in [-0.2, 0) is 10.0 Å². The smallest absolute Gasteiger partial charge is 0.247 e. The maximum Gasteiger partial charge on any atom is 0.247 e. The zero-order valence-electron chi connectivity index (χ0n) is 12.1. The quantitative estimate of drug-likeness (QED) is 0.856. The molecule has 0 aromatic heterocycles. The summed E-state index contributed by atoms with van der Waals surface area (Å²) in [6.45, 7) is 2.52. The summed E-state index contributed by atoms with van der Waals surface area (Å²) in [7, 11) is -0.523. The zero-order chi connectivity index (χ0) is 14.8. The van der Waals surface area contributed by atoms with Gasteiger partial charge in [-0.2, -0.15) is 4.31 Å². The number of methoxy groups -OCH3 is 2. The van der Waals surface area contributed by atoms with E-state index in [2.05, 4.69) is 0 Å². The summed E-state index contributed by atoms with van der Waals surface area (Å²) in [6.07, 6.45) is 2.88. The van der Waals surface area contributed by atoms with Crippen LogP contribution in [0.3, 0.4) is 0 Å². The fraction of sp³-hybridized carbons (Fsp3) is 0.571. The van der Waals surface area contributed by atoms with Crippen molar-refractivity contribution in [2.45, 2.75) is 37.1 Å². The maximum absolute atomic E-state index is 12.8. The normalized spacial score (nSPS) is 20.6. The summed E-state index contributed by atoms with van der Waals surface area (Å²) in [6, 6.07) is 4.82. The predicted octanol–water partition coefficient (Wildman–Crippen LogP) is 2.27. The van der Waals surface area contributed by atoms with Crippen LogP contribution in [-0.4, -0.2) is 39.5 Å². The molecule has 1 heterocycles. The molecule has 1 fully saturated rings. The van der Waals surface area contributed by atoms with Gasteiger partial charge in [-0.25, -0.2) is 8.42 Å². The molecule has 1 aromatic rings. The highest BCUT2D eigenvalue weighted by Gasteiger charge is 2.33. The third kappa shape index (κ3) is 2.76. The molecule has 6 heteroatoms. The second-order valence-electron chi connectivity index (χ2n) is 4.98. The lowest BCUT2D eigenvalue weighted by molar-refractivity contribution is 0.267. The second-order valence-corrected chi connectivity index (χ2v) is 6.84. The van der Waals surface area contributed by atoms with E-state index in [-0.39, 0.29) is 10.9 Å². The van der Waals surface area contributed by atoms with Crippen molar-refractivity contribution in [3.05, 3.63) is 18.2 Å². The van der Waals surface area contributed by atoms with Gasteiger partial charge < -0.3 is 9.47 Å². The Bertz CT molecular complexity index is 571. The van der Waals surface area contributed by atoms with Gasteiger partial charge in [0.2, 0.25) is 10.0 Å². The molecule has 5 nitrogen and oxygen atoms in total. The maximum atomic E-state index is 12.8. The van der Waals surface area contributed by atoms with Crippen molar-refractivity contribution in [3.8, 4) is 11.5 Å². The number of piperidine rings is 1. The predicted molar refractivity (Wildman–Crippen MR) is 76.8 cm³/mol. The summed E-state index contributed by atoms with van der Waals surface area (Å²) >= 11 is 0. The van der Waals surface area contributed by atoms with Crippen molar-refractivity contribution >= 4 is 10.0 Å². The van der Waals surface area contributed by atoms with Crippen LogP contribution >= 0.6 is 0 Å². The van der Waals surface area contributed by atoms with Gasteiger partial charge in [0.1, 0.15) is 16.4 Å². The first kappa shape index (κ1) is 15.1. The van der Waals surface area contributed by atoms with Crippen molar-refractivity contribution in [2.24, 2.45) is 0 Å². The van der Waals surface area contributed by atoms with Crippen LogP contribution in [0.15, 0.2) is 23.1 Å². The first-order chi connectivity index (χ1) is 9.50. The lowest BCUT2D eigenvalue weighted by Crippen LogP contribution is -2.42. The van der Waals surface area contributed by atoms with Crippen molar-refractivity contribution in [3.63, 3.8) is 0 Å². The molecule has 2 rings (SSSR count).